The summed E-state index contributed by atoms with van der Waals surface area (Å²) in [6.45, 7) is 8.78. The molecule has 0 aliphatic carbocycles. The Morgan fingerprint density at radius 2 is 2.17 bits per heavy atom. The minimum atomic E-state index is -0.0886. The van der Waals surface area contributed by atoms with E-state index < -0.39 is 0 Å². The molecule has 3 saturated heterocycles. The van der Waals surface area contributed by atoms with Gasteiger partial charge in [-0.2, -0.15) is 4.52 Å². The molecule has 3 fully saturated rings. The maximum atomic E-state index is 12.1. The fourth-order valence-electron chi connectivity index (χ4n) is 3.44. The number of rotatable bonds is 5. The lowest BCUT2D eigenvalue weighted by Crippen LogP contribution is -2.62. The van der Waals surface area contributed by atoms with Gasteiger partial charge in [0.1, 0.15) is 0 Å². The van der Waals surface area contributed by atoms with E-state index in [4.69, 9.17) is 0 Å². The zero-order chi connectivity index (χ0) is 15.8. The lowest BCUT2D eigenvalue weighted by atomic mass is 10.1. The third-order valence-electron chi connectivity index (χ3n) is 4.69. The Kier molecular flexibility index (Phi) is 4.04. The van der Waals surface area contributed by atoms with Crippen LogP contribution in [0.1, 0.15) is 19.0 Å². The van der Waals surface area contributed by atoms with Crippen LogP contribution >= 0.6 is 11.3 Å². The number of hydrogen-bond donors (Lipinski definition) is 1. The molecule has 23 heavy (non-hydrogen) atoms. The van der Waals surface area contributed by atoms with Crippen LogP contribution in [-0.2, 0) is 6.42 Å². The summed E-state index contributed by atoms with van der Waals surface area (Å²) in [5, 5.41) is 8.56. The normalized spacial score (nSPS) is 26.7. The standard InChI is InChI=1S/C15H22N6OS/c1-2-3-11-8-13(22)21-15(17-11)23-14(18-21)16-9-12-10-19-4-6-20(12)7-5-19/h8,12H,2-7,9-10H2,1H3,(H,16,18). The summed E-state index contributed by atoms with van der Waals surface area (Å²) < 4.78 is 1.41. The highest BCUT2D eigenvalue weighted by Crippen LogP contribution is 2.19. The van der Waals surface area contributed by atoms with Crippen molar-refractivity contribution in [3.8, 4) is 0 Å². The minimum Gasteiger partial charge on any atom is -0.358 e. The lowest BCUT2D eigenvalue weighted by Gasteiger charge is -2.47. The summed E-state index contributed by atoms with van der Waals surface area (Å²) in [5.74, 6) is 0. The van der Waals surface area contributed by atoms with Gasteiger partial charge in [-0.1, -0.05) is 24.7 Å². The summed E-state index contributed by atoms with van der Waals surface area (Å²) in [6, 6.07) is 2.13. The summed E-state index contributed by atoms with van der Waals surface area (Å²) in [7, 11) is 0. The summed E-state index contributed by atoms with van der Waals surface area (Å²) in [6.07, 6.45) is 1.82. The fourth-order valence-corrected chi connectivity index (χ4v) is 4.27. The van der Waals surface area contributed by atoms with Crippen LogP contribution in [0.3, 0.4) is 0 Å². The van der Waals surface area contributed by atoms with Gasteiger partial charge in [0, 0.05) is 57.1 Å². The summed E-state index contributed by atoms with van der Waals surface area (Å²) >= 11 is 1.46. The van der Waals surface area contributed by atoms with Crippen molar-refractivity contribution < 1.29 is 0 Å². The molecule has 124 valence electrons. The second-order valence-electron chi connectivity index (χ2n) is 6.31. The molecule has 1 atom stereocenters. The first-order valence-corrected chi connectivity index (χ1v) is 9.14. The third kappa shape index (κ3) is 2.98. The van der Waals surface area contributed by atoms with E-state index in [0.717, 1.165) is 49.8 Å². The van der Waals surface area contributed by atoms with Gasteiger partial charge in [-0.3, -0.25) is 14.6 Å². The van der Waals surface area contributed by atoms with Gasteiger partial charge in [0.2, 0.25) is 10.1 Å². The molecule has 1 unspecified atom stereocenters. The van der Waals surface area contributed by atoms with Crippen LogP contribution in [0.25, 0.3) is 4.96 Å². The Balaban J connectivity index is 1.49. The molecular formula is C15H22N6OS. The van der Waals surface area contributed by atoms with Crippen LogP contribution in [-0.4, -0.2) is 69.7 Å². The second kappa shape index (κ2) is 6.18. The highest BCUT2D eigenvalue weighted by molar-refractivity contribution is 7.20. The fraction of sp³-hybridized carbons (Fsp3) is 0.667. The van der Waals surface area contributed by atoms with Gasteiger partial charge < -0.3 is 5.32 Å². The van der Waals surface area contributed by atoms with Crippen LogP contribution in [0.5, 0.6) is 0 Å². The quantitative estimate of drug-likeness (QED) is 0.860. The highest BCUT2D eigenvalue weighted by atomic mass is 32.1. The predicted octanol–water partition coefficient (Wildman–Crippen LogP) is 0.515. The molecule has 2 aromatic rings. The average molecular weight is 334 g/mol. The first-order chi connectivity index (χ1) is 11.2. The number of hydrogen-bond acceptors (Lipinski definition) is 7. The van der Waals surface area contributed by atoms with Crippen molar-refractivity contribution in [2.45, 2.75) is 25.8 Å². The van der Waals surface area contributed by atoms with E-state index in [9.17, 15) is 4.79 Å². The minimum absolute atomic E-state index is 0.0886. The summed E-state index contributed by atoms with van der Waals surface area (Å²) in [5.41, 5.74) is 0.769. The molecule has 5 heterocycles. The first kappa shape index (κ1) is 15.0. The van der Waals surface area contributed by atoms with Gasteiger partial charge in [-0.15, -0.1) is 5.10 Å². The van der Waals surface area contributed by atoms with E-state index in [1.165, 1.54) is 28.9 Å². The highest BCUT2D eigenvalue weighted by Gasteiger charge is 2.31. The molecule has 1 N–H and O–H groups in total. The van der Waals surface area contributed by atoms with E-state index >= 15 is 0 Å². The van der Waals surface area contributed by atoms with E-state index in [1.807, 2.05) is 0 Å². The topological polar surface area (TPSA) is 65.8 Å². The number of anilines is 1. The van der Waals surface area contributed by atoms with Crippen LogP contribution in [0.2, 0.25) is 0 Å². The Morgan fingerprint density at radius 3 is 2.87 bits per heavy atom. The molecule has 0 amide bonds. The molecule has 2 bridgehead atoms. The Labute approximate surface area is 138 Å². The number of nitrogens with zero attached hydrogens (tertiary/aromatic N) is 5. The van der Waals surface area contributed by atoms with Crippen LogP contribution in [0, 0.1) is 0 Å². The van der Waals surface area contributed by atoms with Gasteiger partial charge in [0.15, 0.2) is 0 Å². The zero-order valence-corrected chi connectivity index (χ0v) is 14.2. The monoisotopic (exact) mass is 334 g/mol. The van der Waals surface area contributed by atoms with E-state index in [0.29, 0.717) is 11.0 Å². The van der Waals surface area contributed by atoms with E-state index in [1.54, 1.807) is 6.07 Å². The molecule has 0 spiro atoms. The molecule has 8 heteroatoms. The number of fused-ring (bicyclic) bond motifs is 4. The van der Waals surface area contributed by atoms with Gasteiger partial charge in [0.05, 0.1) is 0 Å². The van der Waals surface area contributed by atoms with Crippen LogP contribution in [0.15, 0.2) is 10.9 Å². The first-order valence-electron chi connectivity index (χ1n) is 8.33. The van der Waals surface area contributed by atoms with Gasteiger partial charge in [0.25, 0.3) is 5.56 Å². The number of piperazine rings is 3. The molecule has 5 rings (SSSR count). The van der Waals surface area contributed by atoms with Crippen molar-refractivity contribution in [1.82, 2.24) is 24.4 Å². The largest absolute Gasteiger partial charge is 0.358 e. The molecule has 0 radical (unpaired) electrons. The maximum Gasteiger partial charge on any atom is 0.275 e. The molecule has 3 aliphatic heterocycles. The van der Waals surface area contributed by atoms with E-state index in [2.05, 4.69) is 32.1 Å². The van der Waals surface area contributed by atoms with Crippen molar-refractivity contribution in [2.24, 2.45) is 0 Å². The maximum absolute atomic E-state index is 12.1. The van der Waals surface area contributed by atoms with Crippen molar-refractivity contribution in [3.05, 3.63) is 22.1 Å². The molecule has 3 aliphatic rings. The Hall–Kier alpha value is -1.51. The lowest BCUT2D eigenvalue weighted by molar-refractivity contribution is 0.0189. The van der Waals surface area contributed by atoms with Gasteiger partial charge >= 0.3 is 0 Å². The zero-order valence-electron chi connectivity index (χ0n) is 13.4. The number of nitrogens with one attached hydrogen (secondary N) is 1. The average Bonchev–Trinajstić information content (AvgIpc) is 2.98. The van der Waals surface area contributed by atoms with Crippen molar-refractivity contribution in [3.63, 3.8) is 0 Å². The molecular weight excluding hydrogens is 312 g/mol. The SMILES string of the molecule is CCCc1cc(=O)n2nc(NCC3CN4CCN3CC4)sc2n1. The molecule has 7 nitrogen and oxygen atoms in total. The molecule has 2 aromatic heterocycles. The van der Waals surface area contributed by atoms with Gasteiger partial charge in [-0.25, -0.2) is 4.98 Å². The summed E-state index contributed by atoms with van der Waals surface area (Å²) in [4.78, 5) is 22.4. The van der Waals surface area contributed by atoms with Gasteiger partial charge in [-0.05, 0) is 6.42 Å². The van der Waals surface area contributed by atoms with Crippen molar-refractivity contribution >= 4 is 21.4 Å². The van der Waals surface area contributed by atoms with E-state index in [-0.39, 0.29) is 5.56 Å². The second-order valence-corrected chi connectivity index (χ2v) is 7.26. The Bertz CT molecular complexity index is 748. The van der Waals surface area contributed by atoms with Crippen LogP contribution < -0.4 is 10.9 Å². The Morgan fingerprint density at radius 1 is 1.35 bits per heavy atom. The van der Waals surface area contributed by atoms with Crippen LogP contribution in [0.4, 0.5) is 5.13 Å². The molecule has 0 aromatic carbocycles. The molecule has 0 saturated carbocycles. The number of aromatic nitrogens is 3. The predicted molar refractivity (Wildman–Crippen MR) is 91.4 cm³/mol. The van der Waals surface area contributed by atoms with Crippen molar-refractivity contribution in [1.29, 1.82) is 0 Å². The number of aryl methyl sites for hydroxylation is 1. The third-order valence-corrected chi connectivity index (χ3v) is 5.55. The smallest absolute Gasteiger partial charge is 0.275 e. The van der Waals surface area contributed by atoms with Crippen molar-refractivity contribution in [2.75, 3.05) is 44.6 Å².